The molecule has 1 aromatic carbocycles. The molecule has 1 saturated heterocycles. The third-order valence-electron chi connectivity index (χ3n) is 3.21. The number of nitrogens with zero attached hydrogens (tertiary/aromatic N) is 2. The molecule has 1 aliphatic heterocycles. The summed E-state index contributed by atoms with van der Waals surface area (Å²) in [6.45, 7) is 0.234. The van der Waals surface area contributed by atoms with E-state index in [1.807, 2.05) is 12.1 Å². The molecule has 2 aromatic rings. The lowest BCUT2D eigenvalue weighted by Gasteiger charge is -2.15. The number of aliphatic carboxylic acids is 1. The van der Waals surface area contributed by atoms with Crippen molar-refractivity contribution in [3.05, 3.63) is 24.4 Å². The molecule has 1 fully saturated rings. The maximum atomic E-state index is 11.8. The number of benzene rings is 1. The summed E-state index contributed by atoms with van der Waals surface area (Å²) >= 11 is 0. The Morgan fingerprint density at radius 3 is 3.06 bits per heavy atom. The lowest BCUT2D eigenvalue weighted by Crippen LogP contribution is -2.25. The van der Waals surface area contributed by atoms with Gasteiger partial charge >= 0.3 is 5.97 Å². The van der Waals surface area contributed by atoms with E-state index in [1.165, 1.54) is 4.90 Å². The standard InChI is InChI=1S/C12H11N3O3/c16-11-4-8(12(17)18)6-15(11)9-1-2-10-7(3-9)5-13-14-10/h1-3,5,8H,4,6H2,(H,13,14)(H,17,18). The molecule has 6 nitrogen and oxygen atoms in total. The quantitative estimate of drug-likeness (QED) is 0.826. The lowest BCUT2D eigenvalue weighted by molar-refractivity contribution is -0.141. The highest BCUT2D eigenvalue weighted by atomic mass is 16.4. The fourth-order valence-electron chi connectivity index (χ4n) is 2.22. The number of hydrogen-bond donors (Lipinski definition) is 2. The van der Waals surface area contributed by atoms with Gasteiger partial charge in [-0.25, -0.2) is 0 Å². The number of amides is 1. The van der Waals surface area contributed by atoms with Crippen LogP contribution in [0.4, 0.5) is 5.69 Å². The number of anilines is 1. The summed E-state index contributed by atoms with van der Waals surface area (Å²) in [6, 6.07) is 5.46. The number of aromatic nitrogens is 2. The number of fused-ring (bicyclic) bond motifs is 1. The summed E-state index contributed by atoms with van der Waals surface area (Å²) in [5, 5.41) is 16.6. The van der Waals surface area contributed by atoms with E-state index in [0.717, 1.165) is 16.6 Å². The van der Waals surface area contributed by atoms with E-state index in [1.54, 1.807) is 12.3 Å². The number of carboxylic acid groups (broad SMARTS) is 1. The van der Waals surface area contributed by atoms with Crippen LogP contribution >= 0.6 is 0 Å². The first-order valence-electron chi connectivity index (χ1n) is 5.61. The normalized spacial score (nSPS) is 19.7. The second-order valence-corrected chi connectivity index (χ2v) is 4.39. The van der Waals surface area contributed by atoms with Crippen LogP contribution in [-0.4, -0.2) is 33.7 Å². The third kappa shape index (κ3) is 1.62. The van der Waals surface area contributed by atoms with Crippen LogP contribution in [0.25, 0.3) is 10.9 Å². The van der Waals surface area contributed by atoms with Gasteiger partial charge in [0.15, 0.2) is 0 Å². The first-order valence-corrected chi connectivity index (χ1v) is 5.61. The van der Waals surface area contributed by atoms with Gasteiger partial charge in [-0.3, -0.25) is 14.7 Å². The minimum absolute atomic E-state index is 0.0682. The molecule has 0 spiro atoms. The van der Waals surface area contributed by atoms with Gasteiger partial charge in [-0.15, -0.1) is 0 Å². The Morgan fingerprint density at radius 1 is 1.50 bits per heavy atom. The predicted octanol–water partition coefficient (Wildman–Crippen LogP) is 1.00. The molecular formula is C12H11N3O3. The zero-order valence-electron chi connectivity index (χ0n) is 9.46. The Morgan fingerprint density at radius 2 is 2.33 bits per heavy atom. The summed E-state index contributed by atoms with van der Waals surface area (Å²) in [7, 11) is 0. The first kappa shape index (κ1) is 10.8. The Hall–Kier alpha value is -2.37. The van der Waals surface area contributed by atoms with Crippen LogP contribution in [0.2, 0.25) is 0 Å². The van der Waals surface area contributed by atoms with Gasteiger partial charge in [0.1, 0.15) is 0 Å². The number of aromatic amines is 1. The van der Waals surface area contributed by atoms with Crippen LogP contribution < -0.4 is 4.90 Å². The first-order chi connectivity index (χ1) is 8.65. The number of carbonyl (C=O) groups excluding carboxylic acids is 1. The predicted molar refractivity (Wildman–Crippen MR) is 64.2 cm³/mol. The van der Waals surface area contributed by atoms with E-state index in [-0.39, 0.29) is 18.9 Å². The van der Waals surface area contributed by atoms with Crippen LogP contribution in [0, 0.1) is 5.92 Å². The average molecular weight is 245 g/mol. The van der Waals surface area contributed by atoms with Crippen molar-refractivity contribution >= 4 is 28.5 Å². The molecule has 2 N–H and O–H groups in total. The van der Waals surface area contributed by atoms with Crippen LogP contribution in [0.5, 0.6) is 0 Å². The summed E-state index contributed by atoms with van der Waals surface area (Å²) in [6.07, 6.45) is 1.74. The van der Waals surface area contributed by atoms with Crippen molar-refractivity contribution in [3.8, 4) is 0 Å². The Bertz CT molecular complexity index is 634. The largest absolute Gasteiger partial charge is 0.481 e. The van der Waals surface area contributed by atoms with Gasteiger partial charge in [-0.05, 0) is 18.2 Å². The molecule has 92 valence electrons. The van der Waals surface area contributed by atoms with Crippen LogP contribution in [-0.2, 0) is 9.59 Å². The summed E-state index contributed by atoms with van der Waals surface area (Å²) < 4.78 is 0. The maximum absolute atomic E-state index is 11.8. The van der Waals surface area contributed by atoms with Crippen molar-refractivity contribution < 1.29 is 14.7 Å². The summed E-state index contributed by atoms with van der Waals surface area (Å²) in [4.78, 5) is 24.2. The van der Waals surface area contributed by atoms with E-state index >= 15 is 0 Å². The summed E-state index contributed by atoms with van der Waals surface area (Å²) in [5.41, 5.74) is 1.61. The van der Waals surface area contributed by atoms with E-state index in [4.69, 9.17) is 5.11 Å². The van der Waals surface area contributed by atoms with Gasteiger partial charge in [0.2, 0.25) is 5.91 Å². The van der Waals surface area contributed by atoms with Gasteiger partial charge in [0.25, 0.3) is 0 Å². The number of nitrogens with one attached hydrogen (secondary N) is 1. The molecule has 18 heavy (non-hydrogen) atoms. The fourth-order valence-corrected chi connectivity index (χ4v) is 2.22. The smallest absolute Gasteiger partial charge is 0.308 e. The summed E-state index contributed by atoms with van der Waals surface area (Å²) in [5.74, 6) is -1.68. The molecule has 1 aromatic heterocycles. The van der Waals surface area contributed by atoms with Gasteiger partial charge in [-0.1, -0.05) is 0 Å². The van der Waals surface area contributed by atoms with Crippen LogP contribution in [0.3, 0.4) is 0 Å². The molecule has 0 radical (unpaired) electrons. The van der Waals surface area contributed by atoms with Gasteiger partial charge in [0, 0.05) is 24.0 Å². The molecule has 2 heterocycles. The lowest BCUT2D eigenvalue weighted by atomic mass is 10.1. The molecule has 1 unspecified atom stereocenters. The molecule has 1 atom stereocenters. The Labute approximate surface area is 102 Å². The molecular weight excluding hydrogens is 234 g/mol. The molecule has 1 aliphatic rings. The SMILES string of the molecule is O=C(O)C1CC(=O)N(c2ccc3[nH]ncc3c2)C1. The molecule has 0 bridgehead atoms. The van der Waals surface area contributed by atoms with Crippen molar-refractivity contribution in [1.29, 1.82) is 0 Å². The Balaban J connectivity index is 1.94. The zero-order chi connectivity index (χ0) is 12.7. The fraction of sp³-hybridized carbons (Fsp3) is 0.250. The Kier molecular flexibility index (Phi) is 2.29. The second-order valence-electron chi connectivity index (χ2n) is 4.39. The van der Waals surface area contributed by atoms with Crippen LogP contribution in [0.15, 0.2) is 24.4 Å². The average Bonchev–Trinajstić information content (AvgIpc) is 2.93. The van der Waals surface area contributed by atoms with Crippen molar-refractivity contribution in [3.63, 3.8) is 0 Å². The minimum atomic E-state index is -0.921. The van der Waals surface area contributed by atoms with E-state index in [2.05, 4.69) is 10.2 Å². The van der Waals surface area contributed by atoms with Crippen molar-refractivity contribution in [2.24, 2.45) is 5.92 Å². The van der Waals surface area contributed by atoms with E-state index < -0.39 is 11.9 Å². The van der Waals surface area contributed by atoms with Crippen molar-refractivity contribution in [2.45, 2.75) is 6.42 Å². The topological polar surface area (TPSA) is 86.3 Å². The number of carbonyl (C=O) groups is 2. The highest BCUT2D eigenvalue weighted by molar-refractivity contribution is 6.00. The second kappa shape index (κ2) is 3.83. The molecule has 1 amide bonds. The van der Waals surface area contributed by atoms with Crippen LogP contribution in [0.1, 0.15) is 6.42 Å². The van der Waals surface area contributed by atoms with Gasteiger partial charge in [0.05, 0.1) is 17.6 Å². The minimum Gasteiger partial charge on any atom is -0.481 e. The van der Waals surface area contributed by atoms with E-state index in [0.29, 0.717) is 0 Å². The number of hydrogen-bond acceptors (Lipinski definition) is 3. The highest BCUT2D eigenvalue weighted by Gasteiger charge is 2.35. The van der Waals surface area contributed by atoms with Gasteiger partial charge < -0.3 is 10.0 Å². The molecule has 0 aliphatic carbocycles. The monoisotopic (exact) mass is 245 g/mol. The van der Waals surface area contributed by atoms with E-state index in [9.17, 15) is 9.59 Å². The van der Waals surface area contributed by atoms with Crippen molar-refractivity contribution in [1.82, 2.24) is 10.2 Å². The molecule has 6 heteroatoms. The molecule has 3 rings (SSSR count). The molecule has 0 saturated carbocycles. The van der Waals surface area contributed by atoms with Gasteiger partial charge in [-0.2, -0.15) is 5.10 Å². The number of rotatable bonds is 2. The third-order valence-corrected chi connectivity index (χ3v) is 3.21. The number of H-pyrrole nitrogens is 1. The number of carboxylic acids is 1. The van der Waals surface area contributed by atoms with Crippen molar-refractivity contribution in [2.75, 3.05) is 11.4 Å². The zero-order valence-corrected chi connectivity index (χ0v) is 9.46. The maximum Gasteiger partial charge on any atom is 0.308 e. The highest BCUT2D eigenvalue weighted by Crippen LogP contribution is 2.27.